The van der Waals surface area contributed by atoms with E-state index in [1.54, 1.807) is 17.1 Å². The van der Waals surface area contributed by atoms with Gasteiger partial charge in [0.1, 0.15) is 0 Å². The summed E-state index contributed by atoms with van der Waals surface area (Å²) in [5.41, 5.74) is 7.34. The van der Waals surface area contributed by atoms with Crippen LogP contribution in [-0.4, -0.2) is 37.6 Å². The van der Waals surface area contributed by atoms with Gasteiger partial charge in [0.15, 0.2) is 0 Å². The van der Waals surface area contributed by atoms with Gasteiger partial charge in [-0.15, -0.1) is 0 Å². The molecule has 1 amide bonds. The van der Waals surface area contributed by atoms with Crippen LogP contribution in [0.4, 0.5) is 5.69 Å². The minimum absolute atomic E-state index is 0.0120. The van der Waals surface area contributed by atoms with Crippen LogP contribution < -0.4 is 5.73 Å². The maximum Gasteiger partial charge on any atom is 0.246 e. The molecule has 0 saturated carbocycles. The van der Waals surface area contributed by atoms with Crippen molar-refractivity contribution < 1.29 is 9.53 Å². The van der Waals surface area contributed by atoms with E-state index in [9.17, 15) is 4.79 Å². The fourth-order valence-corrected chi connectivity index (χ4v) is 2.39. The summed E-state index contributed by atoms with van der Waals surface area (Å²) in [5, 5.41) is 0. The molecule has 4 heteroatoms. The zero-order valence-electron chi connectivity index (χ0n) is 11.9. The number of nitrogens with two attached hydrogens (primary N) is 1. The van der Waals surface area contributed by atoms with Crippen LogP contribution >= 0.6 is 0 Å². The largest absolute Gasteiger partial charge is 0.399 e. The van der Waals surface area contributed by atoms with Gasteiger partial charge < -0.3 is 15.4 Å². The Bertz CT molecular complexity index is 479. The summed E-state index contributed by atoms with van der Waals surface area (Å²) in [4.78, 5) is 13.8. The van der Waals surface area contributed by atoms with Gasteiger partial charge in [0, 0.05) is 32.0 Å². The highest BCUT2D eigenvalue weighted by Gasteiger charge is 2.17. The average Bonchev–Trinajstić information content (AvgIpc) is 2.46. The maximum atomic E-state index is 12.0. The summed E-state index contributed by atoms with van der Waals surface area (Å²) in [6, 6.07) is 7.48. The number of hydrogen-bond donors (Lipinski definition) is 1. The van der Waals surface area contributed by atoms with Gasteiger partial charge in [-0.3, -0.25) is 4.79 Å². The number of nitrogen functional groups attached to an aromatic ring is 1. The smallest absolute Gasteiger partial charge is 0.246 e. The minimum Gasteiger partial charge on any atom is -0.399 e. The van der Waals surface area contributed by atoms with Crippen molar-refractivity contribution in [1.82, 2.24) is 4.90 Å². The van der Waals surface area contributed by atoms with Crippen LogP contribution in [0.5, 0.6) is 0 Å². The van der Waals surface area contributed by atoms with Gasteiger partial charge in [-0.05, 0) is 42.5 Å². The van der Waals surface area contributed by atoms with E-state index < -0.39 is 0 Å². The SMILES string of the molecule is CN(CC1CCCOC1)C(=O)/C=C/c1cccc(N)c1. The summed E-state index contributed by atoms with van der Waals surface area (Å²) < 4.78 is 5.44. The molecule has 20 heavy (non-hydrogen) atoms. The third-order valence-corrected chi connectivity index (χ3v) is 3.49. The zero-order valence-corrected chi connectivity index (χ0v) is 11.9. The Labute approximate surface area is 120 Å². The number of carbonyl (C=O) groups excluding carboxylic acids is 1. The number of likely N-dealkylation sites (N-methyl/N-ethyl adjacent to an activating group) is 1. The number of carbonyl (C=O) groups is 1. The number of ether oxygens (including phenoxy) is 1. The Kier molecular flexibility index (Phi) is 5.18. The summed E-state index contributed by atoms with van der Waals surface area (Å²) in [7, 11) is 1.83. The van der Waals surface area contributed by atoms with Crippen LogP contribution in [0.15, 0.2) is 30.3 Å². The molecule has 1 heterocycles. The first kappa shape index (κ1) is 14.6. The van der Waals surface area contributed by atoms with Gasteiger partial charge in [-0.25, -0.2) is 0 Å². The Balaban J connectivity index is 1.86. The number of benzene rings is 1. The van der Waals surface area contributed by atoms with E-state index in [0.717, 1.165) is 38.2 Å². The second-order valence-electron chi connectivity index (χ2n) is 5.31. The number of anilines is 1. The van der Waals surface area contributed by atoms with Crippen molar-refractivity contribution in [2.45, 2.75) is 12.8 Å². The molecule has 0 bridgehead atoms. The summed E-state index contributed by atoms with van der Waals surface area (Å²) >= 11 is 0. The zero-order chi connectivity index (χ0) is 14.4. The molecule has 1 fully saturated rings. The monoisotopic (exact) mass is 274 g/mol. The van der Waals surface area contributed by atoms with Crippen molar-refractivity contribution in [3.05, 3.63) is 35.9 Å². The predicted molar refractivity (Wildman–Crippen MR) is 81.1 cm³/mol. The normalized spacial score (nSPS) is 19.1. The van der Waals surface area contributed by atoms with Crippen LogP contribution in [0.2, 0.25) is 0 Å². The third kappa shape index (κ3) is 4.38. The molecule has 1 aromatic carbocycles. The molecular weight excluding hydrogens is 252 g/mol. The van der Waals surface area contributed by atoms with Crippen molar-refractivity contribution in [2.24, 2.45) is 5.92 Å². The van der Waals surface area contributed by atoms with Crippen molar-refractivity contribution in [3.63, 3.8) is 0 Å². The second kappa shape index (κ2) is 7.10. The van der Waals surface area contributed by atoms with E-state index in [1.165, 1.54) is 0 Å². The lowest BCUT2D eigenvalue weighted by molar-refractivity contribution is -0.125. The lowest BCUT2D eigenvalue weighted by atomic mass is 10.0. The highest BCUT2D eigenvalue weighted by molar-refractivity contribution is 5.91. The van der Waals surface area contributed by atoms with Crippen molar-refractivity contribution >= 4 is 17.7 Å². The van der Waals surface area contributed by atoms with Crippen molar-refractivity contribution in [2.75, 3.05) is 32.5 Å². The molecule has 1 aromatic rings. The number of rotatable bonds is 4. The van der Waals surface area contributed by atoms with Crippen LogP contribution in [0.3, 0.4) is 0 Å². The quantitative estimate of drug-likeness (QED) is 0.676. The Morgan fingerprint density at radius 2 is 2.40 bits per heavy atom. The fourth-order valence-electron chi connectivity index (χ4n) is 2.39. The highest BCUT2D eigenvalue weighted by atomic mass is 16.5. The molecule has 1 aliphatic heterocycles. The summed E-state index contributed by atoms with van der Waals surface area (Å²) in [6.07, 6.45) is 5.62. The molecule has 1 unspecified atom stereocenters. The molecule has 2 rings (SSSR count). The third-order valence-electron chi connectivity index (χ3n) is 3.49. The van der Waals surface area contributed by atoms with Crippen molar-refractivity contribution in [1.29, 1.82) is 0 Å². The first-order valence-corrected chi connectivity index (χ1v) is 7.01. The van der Waals surface area contributed by atoms with Gasteiger partial charge in [0.25, 0.3) is 0 Å². The molecule has 1 aliphatic rings. The predicted octanol–water partition coefficient (Wildman–Crippen LogP) is 2.17. The topological polar surface area (TPSA) is 55.6 Å². The van der Waals surface area contributed by atoms with Gasteiger partial charge in [-0.1, -0.05) is 12.1 Å². The first-order valence-electron chi connectivity index (χ1n) is 7.01. The fraction of sp³-hybridized carbons (Fsp3) is 0.438. The molecule has 0 aromatic heterocycles. The standard InChI is InChI=1S/C16H22N2O2/c1-18(11-14-5-3-9-20-12-14)16(19)8-7-13-4-2-6-15(17)10-13/h2,4,6-8,10,14H,3,5,9,11-12,17H2,1H3/b8-7+. The number of hydrogen-bond acceptors (Lipinski definition) is 3. The maximum absolute atomic E-state index is 12.0. The molecule has 4 nitrogen and oxygen atoms in total. The van der Waals surface area contributed by atoms with E-state index in [4.69, 9.17) is 10.5 Å². The Morgan fingerprint density at radius 1 is 1.55 bits per heavy atom. The Morgan fingerprint density at radius 3 is 3.10 bits per heavy atom. The second-order valence-corrected chi connectivity index (χ2v) is 5.31. The molecule has 0 aliphatic carbocycles. The van der Waals surface area contributed by atoms with E-state index in [1.807, 2.05) is 31.3 Å². The highest BCUT2D eigenvalue weighted by Crippen LogP contribution is 2.15. The summed E-state index contributed by atoms with van der Waals surface area (Å²) in [5.74, 6) is 0.469. The van der Waals surface area contributed by atoms with Crippen LogP contribution in [0, 0.1) is 5.92 Å². The Hall–Kier alpha value is -1.81. The number of amides is 1. The molecule has 1 saturated heterocycles. The van der Waals surface area contributed by atoms with Gasteiger partial charge in [-0.2, -0.15) is 0 Å². The van der Waals surface area contributed by atoms with Crippen LogP contribution in [0.25, 0.3) is 6.08 Å². The molecule has 2 N–H and O–H groups in total. The van der Waals surface area contributed by atoms with E-state index in [-0.39, 0.29) is 5.91 Å². The molecule has 0 spiro atoms. The molecule has 108 valence electrons. The minimum atomic E-state index is 0.0120. The van der Waals surface area contributed by atoms with Gasteiger partial charge >= 0.3 is 0 Å². The van der Waals surface area contributed by atoms with E-state index in [2.05, 4.69) is 0 Å². The van der Waals surface area contributed by atoms with E-state index >= 15 is 0 Å². The lowest BCUT2D eigenvalue weighted by Gasteiger charge is -2.26. The van der Waals surface area contributed by atoms with Crippen LogP contribution in [-0.2, 0) is 9.53 Å². The summed E-state index contributed by atoms with van der Waals surface area (Å²) in [6.45, 7) is 2.36. The molecule has 1 atom stereocenters. The van der Waals surface area contributed by atoms with Gasteiger partial charge in [0.05, 0.1) is 6.61 Å². The first-order chi connectivity index (χ1) is 9.65. The lowest BCUT2D eigenvalue weighted by Crippen LogP contribution is -2.34. The van der Waals surface area contributed by atoms with Crippen LogP contribution in [0.1, 0.15) is 18.4 Å². The van der Waals surface area contributed by atoms with Crippen molar-refractivity contribution in [3.8, 4) is 0 Å². The average molecular weight is 274 g/mol. The van der Waals surface area contributed by atoms with E-state index in [0.29, 0.717) is 11.6 Å². The number of nitrogens with zero attached hydrogens (tertiary/aromatic N) is 1. The van der Waals surface area contributed by atoms with Gasteiger partial charge in [0.2, 0.25) is 5.91 Å². The molecular formula is C16H22N2O2. The molecule has 0 radical (unpaired) electrons.